The first-order valence-electron chi connectivity index (χ1n) is 9.91. The fourth-order valence-electron chi connectivity index (χ4n) is 4.06. The Morgan fingerprint density at radius 2 is 1.69 bits per heavy atom. The first-order chi connectivity index (χ1) is 14.3. The van der Waals surface area contributed by atoms with Crippen molar-refractivity contribution in [1.82, 2.24) is 15.0 Å². The lowest BCUT2D eigenvalue weighted by Crippen LogP contribution is -2.10. The first-order valence-corrected chi connectivity index (χ1v) is 10.9. The Labute approximate surface area is 174 Å². The van der Waals surface area contributed by atoms with Crippen LogP contribution in [0.3, 0.4) is 0 Å². The van der Waals surface area contributed by atoms with Crippen LogP contribution in [-0.2, 0) is 18.6 Å². The third kappa shape index (κ3) is 3.41. The largest absolute Gasteiger partial charge is 0.341 e. The maximum atomic E-state index is 9.92. The van der Waals surface area contributed by atoms with Crippen LogP contribution in [0.5, 0.6) is 0 Å². The minimum Gasteiger partial charge on any atom is -0.341 e. The van der Waals surface area contributed by atoms with E-state index in [0.29, 0.717) is 5.75 Å². The number of rotatable bonds is 4. The molecular formula is C24H20N4S. The van der Waals surface area contributed by atoms with Gasteiger partial charge in [-0.15, -0.1) is 0 Å². The second-order valence-electron chi connectivity index (χ2n) is 7.27. The quantitative estimate of drug-likeness (QED) is 0.452. The number of nitriles is 1. The number of benzene rings is 2. The number of para-hydroxylation sites is 2. The molecule has 0 aliphatic heterocycles. The average molecular weight is 397 g/mol. The van der Waals surface area contributed by atoms with Crippen LogP contribution in [0.1, 0.15) is 35.4 Å². The van der Waals surface area contributed by atoms with Crippen LogP contribution >= 0.6 is 11.8 Å². The Balaban J connectivity index is 1.55. The number of H-pyrrole nitrogens is 1. The predicted molar refractivity (Wildman–Crippen MR) is 117 cm³/mol. The Morgan fingerprint density at radius 1 is 0.931 bits per heavy atom. The number of hydrogen-bond donors (Lipinski definition) is 1. The van der Waals surface area contributed by atoms with Gasteiger partial charge in [-0.1, -0.05) is 54.2 Å². The molecule has 0 amide bonds. The van der Waals surface area contributed by atoms with E-state index in [1.807, 2.05) is 42.5 Å². The lowest BCUT2D eigenvalue weighted by atomic mass is 9.86. The molecule has 2 aromatic heterocycles. The van der Waals surface area contributed by atoms with E-state index in [2.05, 4.69) is 28.2 Å². The summed E-state index contributed by atoms with van der Waals surface area (Å²) in [6.45, 7) is 0. The molecule has 0 atom stereocenters. The summed E-state index contributed by atoms with van der Waals surface area (Å²) in [6.07, 6.45) is 4.24. The van der Waals surface area contributed by atoms with Gasteiger partial charge in [0.1, 0.15) is 16.9 Å². The normalized spacial score (nSPS) is 13.2. The van der Waals surface area contributed by atoms with E-state index >= 15 is 0 Å². The summed E-state index contributed by atoms with van der Waals surface area (Å²) >= 11 is 1.59. The molecule has 2 heterocycles. The van der Waals surface area contributed by atoms with Crippen LogP contribution in [0.15, 0.2) is 59.6 Å². The summed E-state index contributed by atoms with van der Waals surface area (Å²) in [5.74, 6) is 1.56. The SMILES string of the molecule is N#Cc1c(SCc2nc3ccccc3[nH]2)nc(-c2ccccc2)c2c1CCCC2. The number of thioether (sulfide) groups is 1. The molecule has 0 radical (unpaired) electrons. The predicted octanol–water partition coefficient (Wildman–Crippen LogP) is 5.67. The van der Waals surface area contributed by atoms with Crippen LogP contribution in [0.2, 0.25) is 0 Å². The van der Waals surface area contributed by atoms with Gasteiger partial charge in [-0.05, 0) is 48.9 Å². The molecule has 0 unspecified atom stereocenters. The van der Waals surface area contributed by atoms with Crippen molar-refractivity contribution in [2.75, 3.05) is 0 Å². The highest BCUT2D eigenvalue weighted by Crippen LogP contribution is 2.37. The standard InChI is InChI=1S/C24H20N4S/c25-14-19-17-10-4-5-11-18(17)23(16-8-2-1-3-9-16)28-24(19)29-15-22-26-20-12-6-7-13-21(20)27-22/h1-3,6-9,12-13H,4-5,10-11,15H2,(H,26,27). The van der Waals surface area contributed by atoms with Crippen LogP contribution < -0.4 is 0 Å². The molecule has 4 nitrogen and oxygen atoms in total. The summed E-state index contributed by atoms with van der Waals surface area (Å²) in [6, 6.07) is 20.8. The van der Waals surface area contributed by atoms with Crippen LogP contribution in [0.4, 0.5) is 0 Å². The molecule has 0 spiro atoms. The maximum Gasteiger partial charge on any atom is 0.117 e. The van der Waals surface area contributed by atoms with Crippen molar-refractivity contribution in [2.45, 2.75) is 36.5 Å². The number of imidazole rings is 1. The topological polar surface area (TPSA) is 65.4 Å². The van der Waals surface area contributed by atoms with Gasteiger partial charge < -0.3 is 4.98 Å². The molecule has 5 heteroatoms. The second-order valence-corrected chi connectivity index (χ2v) is 8.24. The summed E-state index contributed by atoms with van der Waals surface area (Å²) in [5, 5.41) is 10.7. The lowest BCUT2D eigenvalue weighted by molar-refractivity contribution is 0.677. The third-order valence-electron chi connectivity index (χ3n) is 5.43. The minimum absolute atomic E-state index is 0.656. The Bertz CT molecular complexity index is 1190. The highest BCUT2D eigenvalue weighted by Gasteiger charge is 2.23. The second kappa shape index (κ2) is 7.73. The summed E-state index contributed by atoms with van der Waals surface area (Å²) in [5.41, 5.74) is 7.36. The van der Waals surface area contributed by atoms with Crippen molar-refractivity contribution in [3.63, 3.8) is 0 Å². The molecule has 4 aromatic rings. The zero-order valence-electron chi connectivity index (χ0n) is 16.0. The van der Waals surface area contributed by atoms with Gasteiger partial charge in [-0.3, -0.25) is 0 Å². The number of hydrogen-bond acceptors (Lipinski definition) is 4. The van der Waals surface area contributed by atoms with Gasteiger partial charge in [-0.2, -0.15) is 5.26 Å². The van der Waals surface area contributed by atoms with Crippen molar-refractivity contribution in [3.05, 3.63) is 77.1 Å². The maximum absolute atomic E-state index is 9.92. The molecule has 1 aliphatic carbocycles. The molecule has 0 saturated heterocycles. The van der Waals surface area contributed by atoms with Gasteiger partial charge in [0.15, 0.2) is 0 Å². The molecule has 142 valence electrons. The van der Waals surface area contributed by atoms with E-state index < -0.39 is 0 Å². The Morgan fingerprint density at radius 3 is 2.48 bits per heavy atom. The molecule has 29 heavy (non-hydrogen) atoms. The molecule has 0 fully saturated rings. The molecule has 2 aromatic carbocycles. The van der Waals surface area contributed by atoms with E-state index in [1.165, 1.54) is 11.1 Å². The van der Waals surface area contributed by atoms with Crippen molar-refractivity contribution >= 4 is 22.8 Å². The summed E-state index contributed by atoms with van der Waals surface area (Å²) in [4.78, 5) is 13.0. The van der Waals surface area contributed by atoms with Gasteiger partial charge in [0.25, 0.3) is 0 Å². The van der Waals surface area contributed by atoms with Crippen molar-refractivity contribution in [3.8, 4) is 17.3 Å². The van der Waals surface area contributed by atoms with E-state index in [1.54, 1.807) is 11.8 Å². The highest BCUT2D eigenvalue weighted by atomic mass is 32.2. The molecule has 0 saturated carbocycles. The molecule has 5 rings (SSSR count). The van der Waals surface area contributed by atoms with Crippen molar-refractivity contribution < 1.29 is 0 Å². The van der Waals surface area contributed by atoms with Gasteiger partial charge in [0, 0.05) is 5.56 Å². The fourth-order valence-corrected chi connectivity index (χ4v) is 4.94. The van der Waals surface area contributed by atoms with E-state index in [4.69, 9.17) is 4.98 Å². The average Bonchev–Trinajstić information content (AvgIpc) is 3.20. The number of aromatic nitrogens is 3. The van der Waals surface area contributed by atoms with Crippen LogP contribution in [-0.4, -0.2) is 15.0 Å². The molecule has 1 aliphatic rings. The zero-order chi connectivity index (χ0) is 19.6. The number of aromatic amines is 1. The first kappa shape index (κ1) is 18.0. The van der Waals surface area contributed by atoms with E-state index in [0.717, 1.165) is 64.4 Å². The van der Waals surface area contributed by atoms with Crippen LogP contribution in [0, 0.1) is 11.3 Å². The molecule has 1 N–H and O–H groups in total. The van der Waals surface area contributed by atoms with Crippen molar-refractivity contribution in [1.29, 1.82) is 5.26 Å². The van der Waals surface area contributed by atoms with Gasteiger partial charge in [-0.25, -0.2) is 9.97 Å². The molecular weight excluding hydrogens is 376 g/mol. The smallest absolute Gasteiger partial charge is 0.117 e. The van der Waals surface area contributed by atoms with E-state index in [9.17, 15) is 5.26 Å². The third-order valence-corrected chi connectivity index (χ3v) is 6.41. The van der Waals surface area contributed by atoms with Gasteiger partial charge >= 0.3 is 0 Å². The van der Waals surface area contributed by atoms with Gasteiger partial charge in [0.2, 0.25) is 0 Å². The fraction of sp³-hybridized carbons (Fsp3) is 0.208. The summed E-state index contributed by atoms with van der Waals surface area (Å²) < 4.78 is 0. The molecule has 0 bridgehead atoms. The summed E-state index contributed by atoms with van der Waals surface area (Å²) in [7, 11) is 0. The Kier molecular flexibility index (Phi) is 4.79. The Hall–Kier alpha value is -3.10. The number of fused-ring (bicyclic) bond motifs is 2. The zero-order valence-corrected chi connectivity index (χ0v) is 16.8. The highest BCUT2D eigenvalue weighted by molar-refractivity contribution is 7.98. The minimum atomic E-state index is 0.656. The number of nitrogens with one attached hydrogen (secondary N) is 1. The van der Waals surface area contributed by atoms with Crippen molar-refractivity contribution in [2.24, 2.45) is 0 Å². The monoisotopic (exact) mass is 396 g/mol. The lowest BCUT2D eigenvalue weighted by Gasteiger charge is -2.22. The van der Waals surface area contributed by atoms with Gasteiger partial charge in [0.05, 0.1) is 28.0 Å². The number of pyridine rings is 1. The number of nitrogens with zero attached hydrogens (tertiary/aromatic N) is 3. The van der Waals surface area contributed by atoms with Crippen LogP contribution in [0.25, 0.3) is 22.3 Å². The van der Waals surface area contributed by atoms with E-state index in [-0.39, 0.29) is 0 Å².